The molecule has 1 aromatic carbocycles. The number of para-hydroxylation sites is 1. The quantitative estimate of drug-likeness (QED) is 0.792. The molecule has 0 aliphatic heterocycles. The van der Waals surface area contributed by atoms with Gasteiger partial charge in [-0.25, -0.2) is 0 Å². The van der Waals surface area contributed by atoms with Gasteiger partial charge in [0.15, 0.2) is 0 Å². The van der Waals surface area contributed by atoms with Gasteiger partial charge in [-0.05, 0) is 24.7 Å². The molecule has 1 rings (SSSR count). The number of nitrogens with zero attached hydrogens (tertiary/aromatic N) is 1. The number of benzene rings is 1. The molecule has 0 unspecified atom stereocenters. The van der Waals surface area contributed by atoms with Crippen LogP contribution in [0, 0.1) is 0 Å². The SMILES string of the molecule is CCN(CC)Cc1ccccc1NC(=O)CCl. The normalized spacial score (nSPS) is 10.6. The van der Waals surface area contributed by atoms with Crippen molar-refractivity contribution in [2.24, 2.45) is 0 Å². The van der Waals surface area contributed by atoms with Crippen molar-refractivity contribution in [2.45, 2.75) is 20.4 Å². The van der Waals surface area contributed by atoms with Crippen molar-refractivity contribution < 1.29 is 4.79 Å². The Morgan fingerprint density at radius 1 is 1.29 bits per heavy atom. The lowest BCUT2D eigenvalue weighted by Crippen LogP contribution is -2.23. The molecule has 0 spiro atoms. The number of hydrogen-bond donors (Lipinski definition) is 1. The number of anilines is 1. The van der Waals surface area contributed by atoms with E-state index in [0.29, 0.717) is 0 Å². The number of hydrogen-bond acceptors (Lipinski definition) is 2. The summed E-state index contributed by atoms with van der Waals surface area (Å²) in [4.78, 5) is 13.6. The first-order valence-electron chi connectivity index (χ1n) is 5.87. The maximum Gasteiger partial charge on any atom is 0.239 e. The van der Waals surface area contributed by atoms with Crippen LogP contribution in [0.5, 0.6) is 0 Å². The number of carbonyl (C=O) groups excluding carboxylic acids is 1. The number of halogens is 1. The van der Waals surface area contributed by atoms with Crippen molar-refractivity contribution >= 4 is 23.2 Å². The van der Waals surface area contributed by atoms with Gasteiger partial charge in [0.2, 0.25) is 5.91 Å². The zero-order valence-electron chi connectivity index (χ0n) is 10.4. The van der Waals surface area contributed by atoms with Gasteiger partial charge in [0.25, 0.3) is 0 Å². The second-order valence-corrected chi connectivity index (χ2v) is 4.07. The van der Waals surface area contributed by atoms with E-state index in [1.807, 2.05) is 24.3 Å². The molecular formula is C13H19ClN2O. The summed E-state index contributed by atoms with van der Waals surface area (Å²) in [7, 11) is 0. The maximum absolute atomic E-state index is 11.3. The summed E-state index contributed by atoms with van der Waals surface area (Å²) in [6.07, 6.45) is 0. The summed E-state index contributed by atoms with van der Waals surface area (Å²) in [5, 5.41) is 2.82. The summed E-state index contributed by atoms with van der Waals surface area (Å²) >= 11 is 5.49. The molecule has 1 N–H and O–H groups in total. The van der Waals surface area contributed by atoms with E-state index < -0.39 is 0 Å². The predicted molar refractivity (Wildman–Crippen MR) is 72.4 cm³/mol. The maximum atomic E-state index is 11.3. The summed E-state index contributed by atoms with van der Waals surface area (Å²) in [5.74, 6) is -0.182. The van der Waals surface area contributed by atoms with Crippen molar-refractivity contribution in [1.82, 2.24) is 4.90 Å². The van der Waals surface area contributed by atoms with Crippen LogP contribution in [0.1, 0.15) is 19.4 Å². The third-order valence-corrected chi connectivity index (χ3v) is 2.94. The Hall–Kier alpha value is -1.06. The van der Waals surface area contributed by atoms with Crippen molar-refractivity contribution in [1.29, 1.82) is 0 Å². The molecule has 0 atom stereocenters. The van der Waals surface area contributed by atoms with E-state index >= 15 is 0 Å². The standard InChI is InChI=1S/C13H19ClN2O/c1-3-16(4-2)10-11-7-5-6-8-12(11)15-13(17)9-14/h5-8H,3-4,9-10H2,1-2H3,(H,15,17). The van der Waals surface area contributed by atoms with Gasteiger partial charge in [0, 0.05) is 12.2 Å². The largest absolute Gasteiger partial charge is 0.325 e. The molecule has 0 saturated heterocycles. The van der Waals surface area contributed by atoms with Crippen LogP contribution in [0.25, 0.3) is 0 Å². The molecule has 0 aliphatic rings. The Kier molecular flexibility index (Phi) is 6.01. The molecule has 94 valence electrons. The van der Waals surface area contributed by atoms with Crippen LogP contribution < -0.4 is 5.32 Å². The lowest BCUT2D eigenvalue weighted by molar-refractivity contribution is -0.113. The van der Waals surface area contributed by atoms with Gasteiger partial charge < -0.3 is 5.32 Å². The molecular weight excluding hydrogens is 236 g/mol. The van der Waals surface area contributed by atoms with E-state index in [4.69, 9.17) is 11.6 Å². The van der Waals surface area contributed by atoms with Gasteiger partial charge in [0.05, 0.1) is 0 Å². The van der Waals surface area contributed by atoms with Crippen LogP contribution in [0.15, 0.2) is 24.3 Å². The highest BCUT2D eigenvalue weighted by molar-refractivity contribution is 6.29. The minimum atomic E-state index is -0.168. The van der Waals surface area contributed by atoms with Crippen molar-refractivity contribution in [2.75, 3.05) is 24.3 Å². The zero-order chi connectivity index (χ0) is 12.7. The third-order valence-electron chi connectivity index (χ3n) is 2.70. The fourth-order valence-electron chi connectivity index (χ4n) is 1.65. The molecule has 0 fully saturated rings. The lowest BCUT2D eigenvalue weighted by Gasteiger charge is -2.20. The molecule has 0 bridgehead atoms. The average molecular weight is 255 g/mol. The van der Waals surface area contributed by atoms with Crippen LogP contribution in [0.3, 0.4) is 0 Å². The van der Waals surface area contributed by atoms with Gasteiger partial charge in [-0.15, -0.1) is 11.6 Å². The molecule has 0 aromatic heterocycles. The van der Waals surface area contributed by atoms with E-state index in [0.717, 1.165) is 30.9 Å². The van der Waals surface area contributed by atoms with E-state index in [9.17, 15) is 4.79 Å². The molecule has 0 aliphatic carbocycles. The van der Waals surface area contributed by atoms with Crippen LogP contribution in [0.2, 0.25) is 0 Å². The number of amides is 1. The average Bonchev–Trinajstić information content (AvgIpc) is 2.37. The highest BCUT2D eigenvalue weighted by atomic mass is 35.5. The van der Waals surface area contributed by atoms with Crippen molar-refractivity contribution in [3.8, 4) is 0 Å². The van der Waals surface area contributed by atoms with Crippen LogP contribution >= 0.6 is 11.6 Å². The monoisotopic (exact) mass is 254 g/mol. The van der Waals surface area contributed by atoms with Crippen LogP contribution in [-0.2, 0) is 11.3 Å². The minimum absolute atomic E-state index is 0.0143. The second kappa shape index (κ2) is 7.30. The molecule has 0 saturated carbocycles. The van der Waals surface area contributed by atoms with Gasteiger partial charge in [-0.2, -0.15) is 0 Å². The molecule has 1 aromatic rings. The van der Waals surface area contributed by atoms with Crippen LogP contribution in [-0.4, -0.2) is 29.8 Å². The first-order valence-corrected chi connectivity index (χ1v) is 6.40. The van der Waals surface area contributed by atoms with E-state index in [2.05, 4.69) is 24.1 Å². The van der Waals surface area contributed by atoms with E-state index in [1.165, 1.54) is 0 Å². The van der Waals surface area contributed by atoms with Gasteiger partial charge in [-0.3, -0.25) is 9.69 Å². The summed E-state index contributed by atoms with van der Waals surface area (Å²) in [5.41, 5.74) is 1.97. The van der Waals surface area contributed by atoms with E-state index in [1.54, 1.807) is 0 Å². The van der Waals surface area contributed by atoms with Gasteiger partial charge in [-0.1, -0.05) is 32.0 Å². The van der Waals surface area contributed by atoms with Crippen molar-refractivity contribution in [3.05, 3.63) is 29.8 Å². The number of carbonyl (C=O) groups is 1. The molecule has 0 heterocycles. The number of rotatable bonds is 6. The Morgan fingerprint density at radius 2 is 1.94 bits per heavy atom. The lowest BCUT2D eigenvalue weighted by atomic mass is 10.1. The smallest absolute Gasteiger partial charge is 0.239 e. The molecule has 4 heteroatoms. The van der Waals surface area contributed by atoms with Crippen LogP contribution in [0.4, 0.5) is 5.69 Å². The first kappa shape index (κ1) is 14.0. The minimum Gasteiger partial charge on any atom is -0.325 e. The molecule has 17 heavy (non-hydrogen) atoms. The zero-order valence-corrected chi connectivity index (χ0v) is 11.1. The summed E-state index contributed by atoms with van der Waals surface area (Å²) in [6, 6.07) is 7.83. The highest BCUT2D eigenvalue weighted by Gasteiger charge is 2.08. The second-order valence-electron chi connectivity index (χ2n) is 3.80. The Morgan fingerprint density at radius 3 is 2.53 bits per heavy atom. The summed E-state index contributed by atoms with van der Waals surface area (Å²) in [6.45, 7) is 7.08. The Balaban J connectivity index is 2.80. The van der Waals surface area contributed by atoms with Crippen molar-refractivity contribution in [3.63, 3.8) is 0 Å². The Bertz CT molecular complexity index is 364. The number of alkyl halides is 1. The molecule has 3 nitrogen and oxygen atoms in total. The molecule has 0 radical (unpaired) electrons. The van der Waals surface area contributed by atoms with E-state index in [-0.39, 0.29) is 11.8 Å². The fraction of sp³-hybridized carbons (Fsp3) is 0.462. The highest BCUT2D eigenvalue weighted by Crippen LogP contribution is 2.17. The first-order chi connectivity index (χ1) is 8.21. The fourth-order valence-corrected chi connectivity index (χ4v) is 1.72. The van der Waals surface area contributed by atoms with Gasteiger partial charge >= 0.3 is 0 Å². The predicted octanol–water partition coefficient (Wildman–Crippen LogP) is 2.71. The molecule has 1 amide bonds. The third kappa shape index (κ3) is 4.36. The Labute approximate surface area is 108 Å². The number of nitrogens with one attached hydrogen (secondary N) is 1. The topological polar surface area (TPSA) is 32.3 Å². The summed E-state index contributed by atoms with van der Waals surface area (Å²) < 4.78 is 0. The van der Waals surface area contributed by atoms with Gasteiger partial charge in [0.1, 0.15) is 5.88 Å².